The highest BCUT2D eigenvalue weighted by Crippen LogP contribution is 2.29. The van der Waals surface area contributed by atoms with Crippen molar-refractivity contribution in [1.29, 1.82) is 0 Å². The molecule has 170 valence electrons. The minimum absolute atomic E-state index is 0.629. The Morgan fingerprint density at radius 3 is 2.45 bits per heavy atom. The number of aromatic nitrogens is 2. The van der Waals surface area contributed by atoms with E-state index in [4.69, 9.17) is 19.2 Å². The van der Waals surface area contributed by atoms with Crippen LogP contribution < -0.4 is 14.2 Å². The molecule has 0 bridgehead atoms. The zero-order valence-electron chi connectivity index (χ0n) is 19.5. The Bertz CT molecular complexity index is 1230. The summed E-state index contributed by atoms with van der Waals surface area (Å²) in [4.78, 5) is 4.90. The van der Waals surface area contributed by atoms with Crippen molar-refractivity contribution < 1.29 is 14.2 Å². The Kier molecular flexibility index (Phi) is 7.30. The standard InChI is InChI=1S/C28H30N2O3/c1-4-9-21-12-17-26(27(20-21)32-3)33-19-8-7-18-30-25-11-6-5-10-24(25)29-28(30)22-13-15-23(31-2)16-14-22/h4-6,9-17,20H,7-8,18-19H2,1-3H3/b9-4+. The van der Waals surface area contributed by atoms with E-state index >= 15 is 0 Å². The first kappa shape index (κ1) is 22.5. The molecule has 0 saturated carbocycles. The van der Waals surface area contributed by atoms with Gasteiger partial charge in [-0.3, -0.25) is 0 Å². The normalized spacial score (nSPS) is 11.2. The average molecular weight is 443 g/mol. The molecule has 0 saturated heterocycles. The minimum atomic E-state index is 0.629. The SMILES string of the molecule is C/C=C/c1ccc(OCCCCn2c(-c3ccc(OC)cc3)nc3ccccc32)c(OC)c1. The van der Waals surface area contributed by atoms with Crippen molar-refractivity contribution in [2.45, 2.75) is 26.3 Å². The van der Waals surface area contributed by atoms with Crippen LogP contribution in [-0.2, 0) is 6.54 Å². The molecule has 1 aromatic heterocycles. The van der Waals surface area contributed by atoms with E-state index in [1.54, 1.807) is 14.2 Å². The number of aryl methyl sites for hydroxylation is 1. The lowest BCUT2D eigenvalue weighted by Gasteiger charge is -2.12. The van der Waals surface area contributed by atoms with Crippen molar-refractivity contribution in [2.75, 3.05) is 20.8 Å². The number of methoxy groups -OCH3 is 2. The molecule has 1 heterocycles. The van der Waals surface area contributed by atoms with Gasteiger partial charge in [-0.05, 0) is 73.9 Å². The van der Waals surface area contributed by atoms with Gasteiger partial charge in [-0.1, -0.05) is 30.4 Å². The van der Waals surface area contributed by atoms with Crippen LogP contribution in [0.1, 0.15) is 25.3 Å². The van der Waals surface area contributed by atoms with Crippen molar-refractivity contribution in [1.82, 2.24) is 9.55 Å². The van der Waals surface area contributed by atoms with Crippen LogP contribution in [-0.4, -0.2) is 30.4 Å². The second-order valence-corrected chi connectivity index (χ2v) is 7.77. The molecule has 0 aliphatic rings. The fourth-order valence-electron chi connectivity index (χ4n) is 3.92. The molecule has 0 radical (unpaired) electrons. The molecule has 0 aliphatic heterocycles. The van der Waals surface area contributed by atoms with Crippen molar-refractivity contribution in [3.05, 3.63) is 78.4 Å². The van der Waals surface area contributed by atoms with Gasteiger partial charge < -0.3 is 18.8 Å². The lowest BCUT2D eigenvalue weighted by atomic mass is 10.2. The summed E-state index contributed by atoms with van der Waals surface area (Å²) >= 11 is 0. The first-order chi connectivity index (χ1) is 16.2. The van der Waals surface area contributed by atoms with E-state index in [-0.39, 0.29) is 0 Å². The third-order valence-corrected chi connectivity index (χ3v) is 5.58. The van der Waals surface area contributed by atoms with Crippen LogP contribution in [0.3, 0.4) is 0 Å². The van der Waals surface area contributed by atoms with Crippen molar-refractivity contribution >= 4 is 17.1 Å². The van der Waals surface area contributed by atoms with E-state index in [1.165, 1.54) is 0 Å². The molecule has 0 N–H and O–H groups in total. The third-order valence-electron chi connectivity index (χ3n) is 5.58. The smallest absolute Gasteiger partial charge is 0.161 e. The third kappa shape index (κ3) is 5.20. The Morgan fingerprint density at radius 2 is 1.70 bits per heavy atom. The van der Waals surface area contributed by atoms with Crippen LogP contribution >= 0.6 is 0 Å². The predicted molar refractivity (Wildman–Crippen MR) is 134 cm³/mol. The van der Waals surface area contributed by atoms with Gasteiger partial charge in [0, 0.05) is 12.1 Å². The number of fused-ring (bicyclic) bond motifs is 1. The molecule has 5 nitrogen and oxygen atoms in total. The van der Waals surface area contributed by atoms with E-state index in [1.807, 2.05) is 55.5 Å². The van der Waals surface area contributed by atoms with Gasteiger partial charge >= 0.3 is 0 Å². The summed E-state index contributed by atoms with van der Waals surface area (Å²) in [6.45, 7) is 3.49. The fourth-order valence-corrected chi connectivity index (χ4v) is 3.92. The molecule has 0 aliphatic carbocycles. The van der Waals surface area contributed by atoms with E-state index in [2.05, 4.69) is 34.9 Å². The summed E-state index contributed by atoms with van der Waals surface area (Å²) in [5, 5.41) is 0. The Labute approximate surface area is 195 Å². The number of hydrogen-bond donors (Lipinski definition) is 0. The first-order valence-electron chi connectivity index (χ1n) is 11.3. The first-order valence-corrected chi connectivity index (χ1v) is 11.3. The maximum atomic E-state index is 6.02. The topological polar surface area (TPSA) is 45.5 Å². The Balaban J connectivity index is 1.43. The van der Waals surface area contributed by atoms with Crippen LogP contribution in [0.4, 0.5) is 0 Å². The van der Waals surface area contributed by atoms with Gasteiger partial charge in [-0.2, -0.15) is 0 Å². The average Bonchev–Trinajstić information content (AvgIpc) is 3.23. The maximum Gasteiger partial charge on any atom is 0.161 e. The molecule has 0 fully saturated rings. The minimum Gasteiger partial charge on any atom is -0.497 e. The number of ether oxygens (including phenoxy) is 3. The molecule has 4 aromatic rings. The van der Waals surface area contributed by atoms with Crippen molar-refractivity contribution in [3.8, 4) is 28.6 Å². The molecule has 33 heavy (non-hydrogen) atoms. The number of rotatable bonds is 10. The molecular weight excluding hydrogens is 412 g/mol. The highest BCUT2D eigenvalue weighted by atomic mass is 16.5. The van der Waals surface area contributed by atoms with E-state index < -0.39 is 0 Å². The van der Waals surface area contributed by atoms with Crippen molar-refractivity contribution in [2.24, 2.45) is 0 Å². The summed E-state index contributed by atoms with van der Waals surface area (Å²) in [7, 11) is 3.35. The van der Waals surface area contributed by atoms with Crippen LogP contribution in [0.25, 0.3) is 28.5 Å². The molecule has 3 aromatic carbocycles. The molecule has 5 heteroatoms. The maximum absolute atomic E-state index is 6.02. The predicted octanol–water partition coefficient (Wildman–Crippen LogP) is 6.61. The van der Waals surface area contributed by atoms with Gasteiger partial charge in [-0.15, -0.1) is 0 Å². The summed E-state index contributed by atoms with van der Waals surface area (Å²) < 4.78 is 19.1. The Hall–Kier alpha value is -3.73. The number of unbranched alkanes of at least 4 members (excludes halogenated alkanes) is 1. The van der Waals surface area contributed by atoms with Gasteiger partial charge in [0.1, 0.15) is 11.6 Å². The molecule has 0 spiro atoms. The van der Waals surface area contributed by atoms with E-state index in [0.717, 1.165) is 64.6 Å². The van der Waals surface area contributed by atoms with Gasteiger partial charge in [-0.25, -0.2) is 4.98 Å². The molecular formula is C28H30N2O3. The van der Waals surface area contributed by atoms with Gasteiger partial charge in [0.15, 0.2) is 11.5 Å². The molecule has 0 amide bonds. The Morgan fingerprint density at radius 1 is 0.879 bits per heavy atom. The highest BCUT2D eigenvalue weighted by molar-refractivity contribution is 5.80. The molecule has 0 unspecified atom stereocenters. The van der Waals surface area contributed by atoms with Gasteiger partial charge in [0.05, 0.1) is 31.9 Å². The zero-order chi connectivity index (χ0) is 23.0. The second kappa shape index (κ2) is 10.7. The van der Waals surface area contributed by atoms with Gasteiger partial charge in [0.2, 0.25) is 0 Å². The number of allylic oxidation sites excluding steroid dienone is 1. The summed E-state index contributed by atoms with van der Waals surface area (Å²) in [5.74, 6) is 3.35. The number of imidazole rings is 1. The van der Waals surface area contributed by atoms with Crippen LogP contribution in [0.5, 0.6) is 17.2 Å². The van der Waals surface area contributed by atoms with Gasteiger partial charge in [0.25, 0.3) is 0 Å². The van der Waals surface area contributed by atoms with Crippen molar-refractivity contribution in [3.63, 3.8) is 0 Å². The van der Waals surface area contributed by atoms with Crippen LogP contribution in [0, 0.1) is 0 Å². The summed E-state index contributed by atoms with van der Waals surface area (Å²) in [5.41, 5.74) is 4.32. The number of nitrogens with zero attached hydrogens (tertiary/aromatic N) is 2. The second-order valence-electron chi connectivity index (χ2n) is 7.77. The highest BCUT2D eigenvalue weighted by Gasteiger charge is 2.12. The lowest BCUT2D eigenvalue weighted by Crippen LogP contribution is -2.04. The van der Waals surface area contributed by atoms with Crippen LogP contribution in [0.2, 0.25) is 0 Å². The number of para-hydroxylation sites is 2. The van der Waals surface area contributed by atoms with E-state index in [9.17, 15) is 0 Å². The fraction of sp³-hybridized carbons (Fsp3) is 0.250. The molecule has 4 rings (SSSR count). The van der Waals surface area contributed by atoms with E-state index in [0.29, 0.717) is 6.61 Å². The zero-order valence-corrected chi connectivity index (χ0v) is 19.5. The number of benzene rings is 3. The number of hydrogen-bond acceptors (Lipinski definition) is 4. The lowest BCUT2D eigenvalue weighted by molar-refractivity contribution is 0.284. The quantitative estimate of drug-likeness (QED) is 0.259. The van der Waals surface area contributed by atoms with Crippen LogP contribution in [0.15, 0.2) is 72.8 Å². The molecule has 0 atom stereocenters. The monoisotopic (exact) mass is 442 g/mol. The summed E-state index contributed by atoms with van der Waals surface area (Å²) in [6.07, 6.45) is 5.95. The largest absolute Gasteiger partial charge is 0.497 e. The summed E-state index contributed by atoms with van der Waals surface area (Å²) in [6, 6.07) is 22.3.